The molecule has 6 heteroatoms. The van der Waals surface area contributed by atoms with Crippen molar-refractivity contribution in [2.24, 2.45) is 0 Å². The van der Waals surface area contributed by atoms with Gasteiger partial charge >= 0.3 is 0 Å². The molecule has 0 spiro atoms. The van der Waals surface area contributed by atoms with Gasteiger partial charge in [-0.25, -0.2) is 4.52 Å². The maximum Gasteiger partial charge on any atom is 0.213 e. The van der Waals surface area contributed by atoms with Crippen LogP contribution in [0.4, 0.5) is 0 Å². The molecular formula is C16H9Br2N3S. The second-order valence-electron chi connectivity index (χ2n) is 4.76. The lowest BCUT2D eigenvalue weighted by Crippen LogP contribution is -1.89. The summed E-state index contributed by atoms with van der Waals surface area (Å²) in [6.45, 7) is 0. The van der Waals surface area contributed by atoms with Gasteiger partial charge < -0.3 is 0 Å². The Morgan fingerprint density at radius 2 is 1.41 bits per heavy atom. The topological polar surface area (TPSA) is 30.2 Å². The third kappa shape index (κ3) is 2.51. The smallest absolute Gasteiger partial charge is 0.203 e. The number of hydrogen-bond donors (Lipinski definition) is 0. The summed E-state index contributed by atoms with van der Waals surface area (Å²) in [4.78, 5) is 5.52. The van der Waals surface area contributed by atoms with E-state index in [4.69, 9.17) is 0 Å². The maximum absolute atomic E-state index is 4.66. The summed E-state index contributed by atoms with van der Waals surface area (Å²) >= 11 is 8.51. The van der Waals surface area contributed by atoms with Crippen LogP contribution in [0.3, 0.4) is 0 Å². The standard InChI is InChI=1S/C16H9Br2N3S/c17-12-5-1-10(2-6-12)14-9-22-16-19-15(20-21(14)16)11-3-7-13(18)8-4-11/h1-9H. The summed E-state index contributed by atoms with van der Waals surface area (Å²) in [5.74, 6) is 0.748. The van der Waals surface area contributed by atoms with E-state index in [2.05, 4.69) is 59.5 Å². The average Bonchev–Trinajstić information content (AvgIpc) is 3.09. The third-order valence-electron chi connectivity index (χ3n) is 3.32. The van der Waals surface area contributed by atoms with Crippen LogP contribution in [0.25, 0.3) is 27.6 Å². The number of fused-ring (bicyclic) bond motifs is 1. The van der Waals surface area contributed by atoms with Crippen molar-refractivity contribution in [1.29, 1.82) is 0 Å². The van der Waals surface area contributed by atoms with Crippen molar-refractivity contribution in [3.05, 3.63) is 62.9 Å². The fourth-order valence-electron chi connectivity index (χ4n) is 2.22. The Hall–Kier alpha value is -1.50. The minimum atomic E-state index is 0.748. The molecule has 0 aliphatic carbocycles. The molecule has 4 rings (SSSR count). The molecule has 0 N–H and O–H groups in total. The lowest BCUT2D eigenvalue weighted by atomic mass is 10.2. The molecule has 0 fully saturated rings. The first-order chi connectivity index (χ1) is 10.7. The van der Waals surface area contributed by atoms with Crippen LogP contribution in [0.5, 0.6) is 0 Å². The normalized spacial score (nSPS) is 11.2. The van der Waals surface area contributed by atoms with E-state index in [0.29, 0.717) is 0 Å². The molecule has 2 aromatic carbocycles. The van der Waals surface area contributed by atoms with Gasteiger partial charge in [-0.15, -0.1) is 16.4 Å². The zero-order valence-corrected chi connectivity index (χ0v) is 15.2. The Balaban J connectivity index is 1.82. The molecule has 0 saturated heterocycles. The quantitative estimate of drug-likeness (QED) is 0.408. The third-order valence-corrected chi connectivity index (χ3v) is 5.20. The predicted octanol–water partition coefficient (Wildman–Crippen LogP) is 5.65. The zero-order chi connectivity index (χ0) is 15.1. The number of rotatable bonds is 2. The predicted molar refractivity (Wildman–Crippen MR) is 97.1 cm³/mol. The molecule has 0 amide bonds. The van der Waals surface area contributed by atoms with Crippen LogP contribution in [0, 0.1) is 0 Å². The first-order valence-corrected chi connectivity index (χ1v) is 9.03. The Bertz CT molecular complexity index is 940. The van der Waals surface area contributed by atoms with E-state index in [0.717, 1.165) is 36.6 Å². The van der Waals surface area contributed by atoms with Crippen LogP contribution < -0.4 is 0 Å². The minimum absolute atomic E-state index is 0.748. The minimum Gasteiger partial charge on any atom is -0.203 e. The number of nitrogens with zero attached hydrogens (tertiary/aromatic N) is 3. The molecular weight excluding hydrogens is 426 g/mol. The molecule has 0 atom stereocenters. The van der Waals surface area contributed by atoms with Crippen LogP contribution in [0.1, 0.15) is 0 Å². The first kappa shape index (κ1) is 14.1. The molecule has 0 radical (unpaired) electrons. The van der Waals surface area contributed by atoms with E-state index in [-0.39, 0.29) is 0 Å². The molecule has 108 valence electrons. The monoisotopic (exact) mass is 433 g/mol. The number of benzene rings is 2. The SMILES string of the molecule is Brc1ccc(-c2nc3scc(-c4ccc(Br)cc4)n3n2)cc1. The van der Waals surface area contributed by atoms with E-state index in [1.807, 2.05) is 40.9 Å². The van der Waals surface area contributed by atoms with Gasteiger partial charge in [0.05, 0.1) is 5.69 Å². The molecule has 22 heavy (non-hydrogen) atoms. The molecule has 0 unspecified atom stereocenters. The summed E-state index contributed by atoms with van der Waals surface area (Å²) in [7, 11) is 0. The molecule has 3 nitrogen and oxygen atoms in total. The van der Waals surface area contributed by atoms with E-state index in [1.165, 1.54) is 0 Å². The van der Waals surface area contributed by atoms with E-state index in [1.54, 1.807) is 11.3 Å². The van der Waals surface area contributed by atoms with Gasteiger partial charge in [0.2, 0.25) is 4.96 Å². The molecule has 0 saturated carbocycles. The van der Waals surface area contributed by atoms with Crippen LogP contribution in [-0.4, -0.2) is 14.6 Å². The molecule has 2 heterocycles. The van der Waals surface area contributed by atoms with Crippen molar-refractivity contribution in [2.75, 3.05) is 0 Å². The van der Waals surface area contributed by atoms with Crippen molar-refractivity contribution < 1.29 is 0 Å². The number of hydrogen-bond acceptors (Lipinski definition) is 3. The van der Waals surface area contributed by atoms with Crippen LogP contribution in [-0.2, 0) is 0 Å². The van der Waals surface area contributed by atoms with Gasteiger partial charge in [0, 0.05) is 25.5 Å². The van der Waals surface area contributed by atoms with Gasteiger partial charge in [-0.05, 0) is 24.3 Å². The number of halogens is 2. The lowest BCUT2D eigenvalue weighted by Gasteiger charge is -1.99. The molecule has 2 aromatic heterocycles. The van der Waals surface area contributed by atoms with Gasteiger partial charge in [-0.2, -0.15) is 4.98 Å². The first-order valence-electron chi connectivity index (χ1n) is 6.57. The lowest BCUT2D eigenvalue weighted by molar-refractivity contribution is 0.989. The van der Waals surface area contributed by atoms with Gasteiger partial charge in [0.1, 0.15) is 0 Å². The molecule has 0 aliphatic rings. The molecule has 4 aromatic rings. The van der Waals surface area contributed by atoms with Crippen LogP contribution in [0.15, 0.2) is 62.9 Å². The Morgan fingerprint density at radius 1 is 0.818 bits per heavy atom. The van der Waals surface area contributed by atoms with Crippen molar-refractivity contribution in [1.82, 2.24) is 14.6 Å². The van der Waals surface area contributed by atoms with Gasteiger partial charge in [0.15, 0.2) is 5.82 Å². The van der Waals surface area contributed by atoms with Crippen molar-refractivity contribution >= 4 is 48.2 Å². The van der Waals surface area contributed by atoms with E-state index in [9.17, 15) is 0 Å². The maximum atomic E-state index is 4.66. The van der Waals surface area contributed by atoms with Gasteiger partial charge in [-0.3, -0.25) is 0 Å². The van der Waals surface area contributed by atoms with Gasteiger partial charge in [0.25, 0.3) is 0 Å². The van der Waals surface area contributed by atoms with Crippen molar-refractivity contribution in [3.63, 3.8) is 0 Å². The largest absolute Gasteiger partial charge is 0.213 e. The van der Waals surface area contributed by atoms with E-state index >= 15 is 0 Å². The van der Waals surface area contributed by atoms with Gasteiger partial charge in [-0.1, -0.05) is 56.1 Å². The summed E-state index contributed by atoms with van der Waals surface area (Å²) in [6, 6.07) is 16.3. The second kappa shape index (κ2) is 5.61. The van der Waals surface area contributed by atoms with Crippen LogP contribution >= 0.6 is 43.2 Å². The number of thiazole rings is 1. The fourth-order valence-corrected chi connectivity index (χ4v) is 3.58. The zero-order valence-electron chi connectivity index (χ0n) is 11.2. The Labute approximate surface area is 147 Å². The molecule has 0 aliphatic heterocycles. The van der Waals surface area contributed by atoms with Crippen LogP contribution in [0.2, 0.25) is 0 Å². The number of aromatic nitrogens is 3. The Morgan fingerprint density at radius 3 is 2.05 bits per heavy atom. The highest BCUT2D eigenvalue weighted by Crippen LogP contribution is 2.28. The van der Waals surface area contributed by atoms with E-state index < -0.39 is 0 Å². The highest BCUT2D eigenvalue weighted by Gasteiger charge is 2.12. The summed E-state index contributed by atoms with van der Waals surface area (Å²) in [6.07, 6.45) is 0. The summed E-state index contributed by atoms with van der Waals surface area (Å²) < 4.78 is 4.02. The average molecular weight is 435 g/mol. The fraction of sp³-hybridized carbons (Fsp3) is 0. The molecule has 0 bridgehead atoms. The van der Waals surface area contributed by atoms with Crippen molar-refractivity contribution in [2.45, 2.75) is 0 Å². The highest BCUT2D eigenvalue weighted by molar-refractivity contribution is 9.10. The highest BCUT2D eigenvalue weighted by atomic mass is 79.9. The summed E-state index contributed by atoms with van der Waals surface area (Å²) in [5, 5.41) is 6.75. The summed E-state index contributed by atoms with van der Waals surface area (Å²) in [5.41, 5.74) is 3.20. The van der Waals surface area contributed by atoms with Crippen molar-refractivity contribution in [3.8, 4) is 22.6 Å². The Kier molecular flexibility index (Phi) is 3.60. The second-order valence-corrected chi connectivity index (χ2v) is 7.43.